The van der Waals surface area contributed by atoms with Gasteiger partial charge in [-0.25, -0.2) is 0 Å². The number of nitrogens with zero attached hydrogens (tertiary/aromatic N) is 1. The Morgan fingerprint density at radius 1 is 1.45 bits per heavy atom. The summed E-state index contributed by atoms with van der Waals surface area (Å²) < 4.78 is 0. The second-order valence-corrected chi connectivity index (χ2v) is 5.02. The van der Waals surface area contributed by atoms with Gasteiger partial charge in [0.15, 0.2) is 0 Å². The normalized spacial score (nSPS) is 17.5. The highest BCUT2D eigenvalue weighted by Crippen LogP contribution is 2.33. The number of benzene rings is 1. The number of anilines is 2. The Morgan fingerprint density at radius 3 is 2.82 bits per heavy atom. The molecule has 3 N–H and O–H groups in total. The number of amides is 2. The Hall–Kier alpha value is -2.63. The second-order valence-electron chi connectivity index (χ2n) is 5.02. The molecule has 1 aromatic carbocycles. The Balaban J connectivity index is 2.51. The quantitative estimate of drug-likeness (QED) is 0.573. The van der Waals surface area contributed by atoms with Crippen molar-refractivity contribution in [1.29, 1.82) is 5.41 Å². The molecule has 2 rings (SSSR count). The zero-order valence-corrected chi connectivity index (χ0v) is 12.7. The first-order chi connectivity index (χ1) is 10.6. The molecule has 6 nitrogen and oxygen atoms in total. The molecule has 0 aliphatic carbocycles. The van der Waals surface area contributed by atoms with Gasteiger partial charge in [0.25, 0.3) is 5.91 Å². The molecular weight excluding hydrogens is 280 g/mol. The first-order valence-electron chi connectivity index (χ1n) is 7.25. The van der Waals surface area contributed by atoms with Crippen molar-refractivity contribution in [2.45, 2.75) is 25.8 Å². The van der Waals surface area contributed by atoms with Crippen molar-refractivity contribution < 1.29 is 9.59 Å². The molecule has 1 aromatic rings. The number of para-hydroxylation sites is 2. The maximum Gasteiger partial charge on any atom is 0.262 e. The third-order valence-electron chi connectivity index (χ3n) is 3.52. The summed E-state index contributed by atoms with van der Waals surface area (Å²) in [6.07, 6.45) is 3.81. The van der Waals surface area contributed by atoms with Gasteiger partial charge in [-0.05, 0) is 18.6 Å². The van der Waals surface area contributed by atoms with E-state index in [2.05, 4.69) is 10.6 Å². The maximum absolute atomic E-state index is 12.8. The van der Waals surface area contributed by atoms with E-state index in [1.807, 2.05) is 19.1 Å². The van der Waals surface area contributed by atoms with Crippen molar-refractivity contribution in [3.05, 3.63) is 36.0 Å². The molecule has 116 valence electrons. The highest BCUT2D eigenvalue weighted by atomic mass is 16.2. The minimum absolute atomic E-state index is 0.192. The van der Waals surface area contributed by atoms with Crippen LogP contribution in [-0.4, -0.2) is 31.1 Å². The molecule has 0 radical (unpaired) electrons. The van der Waals surface area contributed by atoms with Gasteiger partial charge in [0.2, 0.25) is 5.91 Å². The minimum Gasteiger partial charge on any atom is -0.393 e. The Labute approximate surface area is 129 Å². The number of hydrogen-bond acceptors (Lipinski definition) is 4. The van der Waals surface area contributed by atoms with Crippen LogP contribution in [0.2, 0.25) is 0 Å². The summed E-state index contributed by atoms with van der Waals surface area (Å²) in [6.45, 7) is 1.97. The number of carbonyl (C=O) groups is 2. The molecule has 22 heavy (non-hydrogen) atoms. The van der Waals surface area contributed by atoms with Gasteiger partial charge < -0.3 is 16.0 Å². The van der Waals surface area contributed by atoms with E-state index in [-0.39, 0.29) is 17.4 Å². The molecule has 2 amide bonds. The van der Waals surface area contributed by atoms with E-state index < -0.39 is 6.04 Å². The highest BCUT2D eigenvalue weighted by molar-refractivity contribution is 6.23. The SMILES string of the molecule is CCC[C@H]1C(=O)Nc2ccccc2N1C(=O)/C(C=N)=C/NC. The molecule has 1 aliphatic heterocycles. The van der Waals surface area contributed by atoms with Crippen LogP contribution in [-0.2, 0) is 9.59 Å². The van der Waals surface area contributed by atoms with Gasteiger partial charge in [-0.15, -0.1) is 0 Å². The maximum atomic E-state index is 12.8. The van der Waals surface area contributed by atoms with Crippen LogP contribution in [0, 0.1) is 5.41 Å². The third kappa shape index (κ3) is 2.86. The van der Waals surface area contributed by atoms with Gasteiger partial charge in [-0.2, -0.15) is 0 Å². The largest absolute Gasteiger partial charge is 0.393 e. The van der Waals surface area contributed by atoms with E-state index in [9.17, 15) is 9.59 Å². The molecule has 6 heteroatoms. The lowest BCUT2D eigenvalue weighted by Crippen LogP contribution is -2.51. The standard InChI is InChI=1S/C16H20N4O2/c1-3-6-14-15(21)19-12-7-4-5-8-13(12)20(14)16(22)11(9-17)10-18-2/h4-5,7-10,14,17-18H,3,6H2,1-2H3,(H,19,21)/b11-10+,17-9?/t14-/m0/s1. The van der Waals surface area contributed by atoms with Crippen molar-refractivity contribution in [2.24, 2.45) is 0 Å². The van der Waals surface area contributed by atoms with E-state index >= 15 is 0 Å². The number of carbonyl (C=O) groups excluding carboxylic acids is 2. The number of hydrogen-bond donors (Lipinski definition) is 3. The number of fused-ring (bicyclic) bond motifs is 1. The Bertz CT molecular complexity index is 624. The average Bonchev–Trinajstić information content (AvgIpc) is 2.53. The summed E-state index contributed by atoms with van der Waals surface area (Å²) in [5, 5.41) is 13.0. The highest BCUT2D eigenvalue weighted by Gasteiger charge is 2.36. The van der Waals surface area contributed by atoms with Crippen LogP contribution < -0.4 is 15.5 Å². The smallest absolute Gasteiger partial charge is 0.262 e. The van der Waals surface area contributed by atoms with Gasteiger partial charge in [0.05, 0.1) is 16.9 Å². The third-order valence-corrected chi connectivity index (χ3v) is 3.52. The lowest BCUT2D eigenvalue weighted by atomic mass is 10.0. The van der Waals surface area contributed by atoms with Crippen LogP contribution >= 0.6 is 0 Å². The molecule has 0 fully saturated rings. The Morgan fingerprint density at radius 2 is 2.18 bits per heavy atom. The summed E-state index contributed by atoms with van der Waals surface area (Å²) in [5.74, 6) is -0.548. The number of nitrogens with one attached hydrogen (secondary N) is 3. The summed E-state index contributed by atoms with van der Waals surface area (Å²) in [6, 6.07) is 6.64. The summed E-state index contributed by atoms with van der Waals surface area (Å²) in [4.78, 5) is 26.6. The monoisotopic (exact) mass is 300 g/mol. The molecule has 0 bridgehead atoms. The Kier molecular flexibility index (Phi) is 4.93. The van der Waals surface area contributed by atoms with Crippen LogP contribution in [0.15, 0.2) is 36.0 Å². The van der Waals surface area contributed by atoms with Gasteiger partial charge in [0.1, 0.15) is 6.04 Å². The van der Waals surface area contributed by atoms with Crippen molar-refractivity contribution in [1.82, 2.24) is 5.32 Å². The fourth-order valence-corrected chi connectivity index (χ4v) is 2.53. The van der Waals surface area contributed by atoms with Crippen molar-refractivity contribution in [2.75, 3.05) is 17.3 Å². The fourth-order valence-electron chi connectivity index (χ4n) is 2.53. The zero-order chi connectivity index (χ0) is 16.1. The van der Waals surface area contributed by atoms with Crippen LogP contribution in [0.1, 0.15) is 19.8 Å². The molecule has 0 unspecified atom stereocenters. The van der Waals surface area contributed by atoms with Crippen LogP contribution in [0.4, 0.5) is 11.4 Å². The first kappa shape index (κ1) is 15.8. The summed E-state index contributed by atoms with van der Waals surface area (Å²) in [5.41, 5.74) is 1.48. The molecule has 0 aromatic heterocycles. The minimum atomic E-state index is -0.562. The number of rotatable bonds is 5. The topological polar surface area (TPSA) is 85.3 Å². The zero-order valence-electron chi connectivity index (χ0n) is 12.7. The van der Waals surface area contributed by atoms with E-state index in [4.69, 9.17) is 5.41 Å². The predicted octanol–water partition coefficient (Wildman–Crippen LogP) is 1.89. The molecule has 0 saturated heterocycles. The summed E-state index contributed by atoms with van der Waals surface area (Å²) in [7, 11) is 1.66. The van der Waals surface area contributed by atoms with E-state index in [1.54, 1.807) is 19.2 Å². The molecule has 0 saturated carbocycles. The van der Waals surface area contributed by atoms with E-state index in [0.29, 0.717) is 17.8 Å². The molecule has 0 spiro atoms. The molecule has 1 aliphatic rings. The van der Waals surface area contributed by atoms with Gasteiger partial charge in [0, 0.05) is 19.5 Å². The fraction of sp³-hybridized carbons (Fsp3) is 0.312. The molecule has 1 heterocycles. The van der Waals surface area contributed by atoms with E-state index in [0.717, 1.165) is 12.6 Å². The lowest BCUT2D eigenvalue weighted by Gasteiger charge is -2.36. The van der Waals surface area contributed by atoms with Gasteiger partial charge in [-0.1, -0.05) is 25.5 Å². The molecule has 1 atom stereocenters. The average molecular weight is 300 g/mol. The van der Waals surface area contributed by atoms with E-state index in [1.165, 1.54) is 11.1 Å². The van der Waals surface area contributed by atoms with Gasteiger partial charge >= 0.3 is 0 Å². The summed E-state index contributed by atoms with van der Waals surface area (Å²) >= 11 is 0. The van der Waals surface area contributed by atoms with Crippen LogP contribution in [0.3, 0.4) is 0 Å². The second kappa shape index (κ2) is 6.89. The predicted molar refractivity (Wildman–Crippen MR) is 87.2 cm³/mol. The van der Waals surface area contributed by atoms with Crippen molar-refractivity contribution in [3.63, 3.8) is 0 Å². The van der Waals surface area contributed by atoms with Crippen LogP contribution in [0.25, 0.3) is 0 Å². The van der Waals surface area contributed by atoms with Crippen molar-refractivity contribution >= 4 is 29.4 Å². The lowest BCUT2D eigenvalue weighted by molar-refractivity contribution is -0.122. The molecular formula is C16H20N4O2. The first-order valence-corrected chi connectivity index (χ1v) is 7.25. The van der Waals surface area contributed by atoms with Crippen LogP contribution in [0.5, 0.6) is 0 Å². The van der Waals surface area contributed by atoms with Crippen molar-refractivity contribution in [3.8, 4) is 0 Å². The van der Waals surface area contributed by atoms with Gasteiger partial charge in [-0.3, -0.25) is 14.5 Å².